The number of nitrogens with one attached hydrogen (secondary N) is 1. The predicted octanol–water partition coefficient (Wildman–Crippen LogP) is 3.31. The molecule has 4 nitrogen and oxygen atoms in total. The molecule has 0 aliphatic carbocycles. The molecule has 0 unspecified atom stereocenters. The maximum Gasteiger partial charge on any atom is 0.417 e. The van der Waals surface area contributed by atoms with Crippen LogP contribution in [0.2, 0.25) is 0 Å². The van der Waals surface area contributed by atoms with Crippen molar-refractivity contribution in [3.63, 3.8) is 0 Å². The summed E-state index contributed by atoms with van der Waals surface area (Å²) in [6.07, 6.45) is 0.313. The van der Waals surface area contributed by atoms with Gasteiger partial charge in [0.2, 0.25) is 0 Å². The van der Waals surface area contributed by atoms with E-state index in [1.807, 2.05) is 24.3 Å². The number of carbonyl (C=O) groups is 1. The number of aromatic amines is 1. The van der Waals surface area contributed by atoms with Gasteiger partial charge in [-0.25, -0.2) is 4.79 Å². The molecule has 2 aromatic carbocycles. The highest BCUT2D eigenvalue weighted by atomic mass is 79.9. The van der Waals surface area contributed by atoms with Crippen LogP contribution in [0, 0.1) is 0 Å². The van der Waals surface area contributed by atoms with Crippen LogP contribution in [0.5, 0.6) is 0 Å². The molecular weight excluding hydrogens is 322 g/mol. The van der Waals surface area contributed by atoms with Crippen molar-refractivity contribution < 1.29 is 9.21 Å². The molecular formula is C15H10BrNO3. The second kappa shape index (κ2) is 5.09. The first-order valence-corrected chi connectivity index (χ1v) is 6.81. The van der Waals surface area contributed by atoms with Gasteiger partial charge < -0.3 is 4.42 Å². The Morgan fingerprint density at radius 2 is 1.90 bits per heavy atom. The van der Waals surface area contributed by atoms with E-state index < -0.39 is 5.76 Å². The molecule has 3 rings (SSSR count). The van der Waals surface area contributed by atoms with Gasteiger partial charge in [0.15, 0.2) is 11.4 Å². The summed E-state index contributed by atoms with van der Waals surface area (Å²) in [5, 5.41) is 0. The maximum absolute atomic E-state index is 12.2. The lowest BCUT2D eigenvalue weighted by atomic mass is 10.0. The van der Waals surface area contributed by atoms with Crippen LogP contribution >= 0.6 is 15.9 Å². The zero-order valence-electron chi connectivity index (χ0n) is 10.4. The average Bonchev–Trinajstić information content (AvgIpc) is 2.80. The fraction of sp³-hybridized carbons (Fsp3) is 0.0667. The lowest BCUT2D eigenvalue weighted by Gasteiger charge is -2.02. The molecule has 0 saturated carbocycles. The smallest absolute Gasteiger partial charge is 0.408 e. The van der Waals surface area contributed by atoms with E-state index >= 15 is 0 Å². The summed E-state index contributed by atoms with van der Waals surface area (Å²) in [6, 6.07) is 12.6. The van der Waals surface area contributed by atoms with Gasteiger partial charge in [-0.3, -0.25) is 9.78 Å². The van der Waals surface area contributed by atoms with Crippen LogP contribution < -0.4 is 5.76 Å². The standard InChI is InChI=1S/C15H10BrNO3/c16-11-4-1-9(2-5-11)7-13(18)10-3-6-12-14(8-10)20-15(19)17-12/h1-6,8H,7H2,(H,17,19). The lowest BCUT2D eigenvalue weighted by Crippen LogP contribution is -2.03. The summed E-state index contributed by atoms with van der Waals surface area (Å²) in [5.41, 5.74) is 2.46. The van der Waals surface area contributed by atoms with Gasteiger partial charge in [-0.15, -0.1) is 0 Å². The minimum atomic E-state index is -0.516. The molecule has 5 heteroatoms. The van der Waals surface area contributed by atoms with Gasteiger partial charge in [-0.2, -0.15) is 0 Å². The van der Waals surface area contributed by atoms with Gasteiger partial charge in [0.1, 0.15) is 0 Å². The molecule has 3 aromatic rings. The molecule has 0 saturated heterocycles. The first-order chi connectivity index (χ1) is 9.61. The molecule has 100 valence electrons. The van der Waals surface area contributed by atoms with Gasteiger partial charge in [0.25, 0.3) is 0 Å². The van der Waals surface area contributed by atoms with Gasteiger partial charge in [0.05, 0.1) is 5.52 Å². The summed E-state index contributed by atoms with van der Waals surface area (Å²) in [5.74, 6) is -0.532. The monoisotopic (exact) mass is 331 g/mol. The van der Waals surface area contributed by atoms with Gasteiger partial charge in [0, 0.05) is 16.5 Å². The number of benzene rings is 2. The second-order valence-corrected chi connectivity index (χ2v) is 5.37. The number of aromatic nitrogens is 1. The Morgan fingerprint density at radius 3 is 2.65 bits per heavy atom. The minimum Gasteiger partial charge on any atom is -0.408 e. The Labute approximate surface area is 122 Å². The Morgan fingerprint density at radius 1 is 1.15 bits per heavy atom. The summed E-state index contributed by atoms with van der Waals surface area (Å²) in [6.45, 7) is 0. The van der Waals surface area contributed by atoms with E-state index in [0.29, 0.717) is 23.1 Å². The summed E-state index contributed by atoms with van der Waals surface area (Å²) < 4.78 is 5.93. The molecule has 0 bridgehead atoms. The summed E-state index contributed by atoms with van der Waals surface area (Å²) in [7, 11) is 0. The van der Waals surface area contributed by atoms with Crippen molar-refractivity contribution in [2.24, 2.45) is 0 Å². The molecule has 0 aliphatic heterocycles. The van der Waals surface area contributed by atoms with E-state index in [1.54, 1.807) is 18.2 Å². The van der Waals surface area contributed by atoms with E-state index in [9.17, 15) is 9.59 Å². The number of hydrogen-bond donors (Lipinski definition) is 1. The normalized spacial score (nSPS) is 10.8. The van der Waals surface area contributed by atoms with E-state index in [1.165, 1.54) is 0 Å². The van der Waals surface area contributed by atoms with Crippen LogP contribution in [-0.2, 0) is 6.42 Å². The molecule has 0 amide bonds. The third kappa shape index (κ3) is 2.58. The molecule has 0 radical (unpaired) electrons. The van der Waals surface area contributed by atoms with Crippen LogP contribution in [0.25, 0.3) is 11.1 Å². The number of hydrogen-bond acceptors (Lipinski definition) is 3. The third-order valence-corrected chi connectivity index (χ3v) is 3.55. The highest BCUT2D eigenvalue weighted by molar-refractivity contribution is 9.10. The number of fused-ring (bicyclic) bond motifs is 1. The zero-order valence-corrected chi connectivity index (χ0v) is 11.9. The van der Waals surface area contributed by atoms with Crippen LogP contribution in [0.3, 0.4) is 0 Å². The zero-order chi connectivity index (χ0) is 14.1. The summed E-state index contributed by atoms with van der Waals surface area (Å²) in [4.78, 5) is 25.8. The van der Waals surface area contributed by atoms with Crippen LogP contribution in [0.1, 0.15) is 15.9 Å². The number of Topliss-reactive ketones (excluding diaryl/α,β-unsaturated/α-hetero) is 1. The van der Waals surface area contributed by atoms with E-state index in [-0.39, 0.29) is 5.78 Å². The third-order valence-electron chi connectivity index (χ3n) is 3.02. The molecule has 20 heavy (non-hydrogen) atoms. The highest BCUT2D eigenvalue weighted by Gasteiger charge is 2.10. The maximum atomic E-state index is 12.2. The van der Waals surface area contributed by atoms with Crippen molar-refractivity contribution in [1.82, 2.24) is 4.98 Å². The first-order valence-electron chi connectivity index (χ1n) is 6.02. The molecule has 0 aliphatic rings. The molecule has 1 N–H and O–H groups in total. The fourth-order valence-electron chi connectivity index (χ4n) is 2.01. The molecule has 0 spiro atoms. The van der Waals surface area contributed by atoms with Crippen LogP contribution in [0.4, 0.5) is 0 Å². The van der Waals surface area contributed by atoms with Gasteiger partial charge in [-0.1, -0.05) is 28.1 Å². The Kier molecular flexibility index (Phi) is 3.28. The SMILES string of the molecule is O=C(Cc1ccc(Br)cc1)c1ccc2[nH]c(=O)oc2c1. The first kappa shape index (κ1) is 12.9. The van der Waals surface area contributed by atoms with Crippen molar-refractivity contribution in [2.45, 2.75) is 6.42 Å². The van der Waals surface area contributed by atoms with Gasteiger partial charge in [-0.05, 0) is 35.9 Å². The van der Waals surface area contributed by atoms with Crippen molar-refractivity contribution in [3.05, 3.63) is 68.6 Å². The Balaban J connectivity index is 1.88. The number of oxazole rings is 1. The topological polar surface area (TPSA) is 63.1 Å². The minimum absolute atomic E-state index is 0.0157. The molecule has 0 fully saturated rings. The summed E-state index contributed by atoms with van der Waals surface area (Å²) >= 11 is 3.36. The van der Waals surface area contributed by atoms with Crippen LogP contribution in [0.15, 0.2) is 56.1 Å². The average molecular weight is 332 g/mol. The highest BCUT2D eigenvalue weighted by Crippen LogP contribution is 2.16. The van der Waals surface area contributed by atoms with E-state index in [4.69, 9.17) is 4.42 Å². The van der Waals surface area contributed by atoms with Crippen molar-refractivity contribution in [3.8, 4) is 0 Å². The Hall–Kier alpha value is -2.14. The van der Waals surface area contributed by atoms with Gasteiger partial charge >= 0.3 is 5.76 Å². The van der Waals surface area contributed by atoms with Crippen molar-refractivity contribution in [2.75, 3.05) is 0 Å². The number of rotatable bonds is 3. The fourth-order valence-corrected chi connectivity index (χ4v) is 2.27. The number of H-pyrrole nitrogens is 1. The van der Waals surface area contributed by atoms with Crippen molar-refractivity contribution >= 4 is 32.8 Å². The molecule has 0 atom stereocenters. The predicted molar refractivity (Wildman–Crippen MR) is 79.0 cm³/mol. The van der Waals surface area contributed by atoms with E-state index in [0.717, 1.165) is 10.0 Å². The van der Waals surface area contributed by atoms with Crippen molar-refractivity contribution in [1.29, 1.82) is 0 Å². The van der Waals surface area contributed by atoms with E-state index in [2.05, 4.69) is 20.9 Å². The van der Waals surface area contributed by atoms with Crippen LogP contribution in [-0.4, -0.2) is 10.8 Å². The quantitative estimate of drug-likeness (QED) is 0.749. The Bertz CT molecular complexity index is 830. The number of ketones is 1. The lowest BCUT2D eigenvalue weighted by molar-refractivity contribution is 0.0993. The number of carbonyl (C=O) groups excluding carboxylic acids is 1. The largest absolute Gasteiger partial charge is 0.417 e. The second-order valence-electron chi connectivity index (χ2n) is 4.45. The molecule has 1 aromatic heterocycles. The number of halogens is 1. The molecule has 1 heterocycles.